The van der Waals surface area contributed by atoms with Gasteiger partial charge in [-0.2, -0.15) is 0 Å². The van der Waals surface area contributed by atoms with Gasteiger partial charge >= 0.3 is 0 Å². The lowest BCUT2D eigenvalue weighted by Gasteiger charge is -2.06. The van der Waals surface area contributed by atoms with Crippen LogP contribution in [0.25, 0.3) is 0 Å². The number of nitrogens with zero attached hydrogens (tertiary/aromatic N) is 2. The Bertz CT molecular complexity index is 575. The van der Waals surface area contributed by atoms with Gasteiger partial charge in [-0.15, -0.1) is 0 Å². The smallest absolute Gasteiger partial charge is 0.269 e. The topological polar surface area (TPSA) is 64.1 Å². The standard InChI is InChI=1S/C12H10BrN3O2/c1-14-12(17)11-5-9(2-3-16-11)18-10-4-8(13)6-15-7-10/h2-7H,1H3,(H,14,17). The molecule has 0 aliphatic carbocycles. The largest absolute Gasteiger partial charge is 0.456 e. The molecule has 2 aromatic heterocycles. The molecule has 2 aromatic rings. The zero-order valence-corrected chi connectivity index (χ0v) is 11.1. The minimum absolute atomic E-state index is 0.257. The summed E-state index contributed by atoms with van der Waals surface area (Å²) in [4.78, 5) is 19.4. The molecule has 6 heteroatoms. The van der Waals surface area contributed by atoms with E-state index < -0.39 is 0 Å². The third kappa shape index (κ3) is 3.04. The first-order valence-corrected chi connectivity index (χ1v) is 5.95. The van der Waals surface area contributed by atoms with Crippen LogP contribution in [0, 0.1) is 0 Å². The molecule has 2 rings (SSSR count). The number of rotatable bonds is 3. The van der Waals surface area contributed by atoms with Gasteiger partial charge in [0, 0.05) is 30.0 Å². The Morgan fingerprint density at radius 3 is 2.89 bits per heavy atom. The minimum Gasteiger partial charge on any atom is -0.456 e. The van der Waals surface area contributed by atoms with Crippen molar-refractivity contribution in [1.29, 1.82) is 0 Å². The molecule has 0 aliphatic rings. The zero-order chi connectivity index (χ0) is 13.0. The SMILES string of the molecule is CNC(=O)c1cc(Oc2cncc(Br)c2)ccn1. The van der Waals surface area contributed by atoms with E-state index in [-0.39, 0.29) is 5.91 Å². The average Bonchev–Trinajstić information content (AvgIpc) is 2.38. The maximum Gasteiger partial charge on any atom is 0.269 e. The highest BCUT2D eigenvalue weighted by Crippen LogP contribution is 2.23. The van der Waals surface area contributed by atoms with Crippen LogP contribution in [0.5, 0.6) is 11.5 Å². The van der Waals surface area contributed by atoms with E-state index in [1.807, 2.05) is 0 Å². The van der Waals surface area contributed by atoms with Gasteiger partial charge in [-0.05, 0) is 28.1 Å². The molecule has 1 amide bonds. The van der Waals surface area contributed by atoms with Gasteiger partial charge < -0.3 is 10.1 Å². The molecule has 92 valence electrons. The third-order valence-electron chi connectivity index (χ3n) is 2.11. The summed E-state index contributed by atoms with van der Waals surface area (Å²) in [6.45, 7) is 0. The summed E-state index contributed by atoms with van der Waals surface area (Å²) >= 11 is 3.31. The normalized spacial score (nSPS) is 9.89. The molecule has 18 heavy (non-hydrogen) atoms. The van der Waals surface area contributed by atoms with Crippen LogP contribution in [0.3, 0.4) is 0 Å². The van der Waals surface area contributed by atoms with Crippen molar-refractivity contribution in [2.45, 2.75) is 0 Å². The Morgan fingerprint density at radius 2 is 2.17 bits per heavy atom. The summed E-state index contributed by atoms with van der Waals surface area (Å²) < 4.78 is 6.40. The van der Waals surface area contributed by atoms with Gasteiger partial charge in [0.2, 0.25) is 0 Å². The highest BCUT2D eigenvalue weighted by Gasteiger charge is 2.06. The third-order valence-corrected chi connectivity index (χ3v) is 2.54. The number of halogens is 1. The van der Waals surface area contributed by atoms with Gasteiger partial charge in [0.05, 0.1) is 6.20 Å². The predicted molar refractivity (Wildman–Crippen MR) is 69.6 cm³/mol. The maximum atomic E-state index is 11.4. The van der Waals surface area contributed by atoms with Gasteiger partial charge in [0.25, 0.3) is 5.91 Å². The first-order chi connectivity index (χ1) is 8.69. The molecule has 0 spiro atoms. The average molecular weight is 308 g/mol. The molecule has 0 fully saturated rings. The summed E-state index contributed by atoms with van der Waals surface area (Å²) in [6.07, 6.45) is 4.77. The second-order valence-electron chi connectivity index (χ2n) is 3.40. The summed E-state index contributed by atoms with van der Waals surface area (Å²) in [6, 6.07) is 5.03. The predicted octanol–water partition coefficient (Wildman–Crippen LogP) is 2.39. The molecule has 0 saturated heterocycles. The Labute approximate surface area is 112 Å². The van der Waals surface area contributed by atoms with Gasteiger partial charge in [-0.3, -0.25) is 14.8 Å². The van der Waals surface area contributed by atoms with Crippen LogP contribution in [0.15, 0.2) is 41.3 Å². The van der Waals surface area contributed by atoms with Gasteiger partial charge in [-0.25, -0.2) is 0 Å². The molecule has 0 atom stereocenters. The van der Waals surface area contributed by atoms with E-state index in [1.165, 1.54) is 6.20 Å². The Hall–Kier alpha value is -1.95. The summed E-state index contributed by atoms with van der Waals surface area (Å²) in [5, 5.41) is 2.50. The van der Waals surface area contributed by atoms with Crippen molar-refractivity contribution in [3.63, 3.8) is 0 Å². The van der Waals surface area contributed by atoms with Crippen molar-refractivity contribution in [2.24, 2.45) is 0 Å². The Balaban J connectivity index is 2.22. The number of carbonyl (C=O) groups is 1. The molecule has 0 unspecified atom stereocenters. The quantitative estimate of drug-likeness (QED) is 0.945. The van der Waals surface area contributed by atoms with Crippen LogP contribution < -0.4 is 10.1 Å². The highest BCUT2D eigenvalue weighted by molar-refractivity contribution is 9.10. The molecule has 1 N–H and O–H groups in total. The minimum atomic E-state index is -0.257. The second-order valence-corrected chi connectivity index (χ2v) is 4.31. The van der Waals surface area contributed by atoms with Crippen molar-refractivity contribution in [2.75, 3.05) is 7.05 Å². The van der Waals surface area contributed by atoms with E-state index in [1.54, 1.807) is 37.6 Å². The van der Waals surface area contributed by atoms with Gasteiger partial charge in [0.15, 0.2) is 0 Å². The molecule has 0 aliphatic heterocycles. The van der Waals surface area contributed by atoms with Crippen LogP contribution in [0.1, 0.15) is 10.5 Å². The fourth-order valence-electron chi connectivity index (χ4n) is 1.31. The lowest BCUT2D eigenvalue weighted by atomic mass is 10.3. The molecule has 0 bridgehead atoms. The number of pyridine rings is 2. The monoisotopic (exact) mass is 307 g/mol. The summed E-state index contributed by atoms with van der Waals surface area (Å²) in [5.41, 5.74) is 0.304. The van der Waals surface area contributed by atoms with Crippen molar-refractivity contribution < 1.29 is 9.53 Å². The van der Waals surface area contributed by atoms with E-state index in [0.29, 0.717) is 17.2 Å². The highest BCUT2D eigenvalue weighted by atomic mass is 79.9. The van der Waals surface area contributed by atoms with Gasteiger partial charge in [0.1, 0.15) is 17.2 Å². The van der Waals surface area contributed by atoms with E-state index in [0.717, 1.165) is 4.47 Å². The zero-order valence-electron chi connectivity index (χ0n) is 9.55. The van der Waals surface area contributed by atoms with Crippen molar-refractivity contribution >= 4 is 21.8 Å². The number of ether oxygens (including phenoxy) is 1. The molecular weight excluding hydrogens is 298 g/mol. The maximum absolute atomic E-state index is 11.4. The number of hydrogen-bond donors (Lipinski definition) is 1. The fraction of sp³-hybridized carbons (Fsp3) is 0.0833. The summed E-state index contributed by atoms with van der Waals surface area (Å²) in [7, 11) is 1.55. The van der Waals surface area contributed by atoms with Crippen molar-refractivity contribution in [3.8, 4) is 11.5 Å². The van der Waals surface area contributed by atoms with E-state index in [2.05, 4.69) is 31.2 Å². The van der Waals surface area contributed by atoms with Crippen LogP contribution in [0.2, 0.25) is 0 Å². The van der Waals surface area contributed by atoms with Crippen LogP contribution in [0.4, 0.5) is 0 Å². The van der Waals surface area contributed by atoms with Crippen LogP contribution >= 0.6 is 15.9 Å². The van der Waals surface area contributed by atoms with Crippen molar-refractivity contribution in [3.05, 3.63) is 47.0 Å². The summed E-state index contributed by atoms with van der Waals surface area (Å²) in [5.74, 6) is 0.856. The van der Waals surface area contributed by atoms with E-state index in [4.69, 9.17) is 4.74 Å². The number of nitrogens with one attached hydrogen (secondary N) is 1. The molecule has 2 heterocycles. The number of hydrogen-bond acceptors (Lipinski definition) is 4. The van der Waals surface area contributed by atoms with E-state index in [9.17, 15) is 4.79 Å². The van der Waals surface area contributed by atoms with Crippen LogP contribution in [-0.2, 0) is 0 Å². The molecule has 0 radical (unpaired) electrons. The number of amides is 1. The first kappa shape index (κ1) is 12.5. The van der Waals surface area contributed by atoms with Gasteiger partial charge in [-0.1, -0.05) is 0 Å². The molecule has 5 nitrogen and oxygen atoms in total. The Morgan fingerprint density at radius 1 is 1.33 bits per heavy atom. The molecular formula is C12H10BrN3O2. The van der Waals surface area contributed by atoms with E-state index >= 15 is 0 Å². The van der Waals surface area contributed by atoms with Crippen molar-refractivity contribution in [1.82, 2.24) is 15.3 Å². The number of carbonyl (C=O) groups excluding carboxylic acids is 1. The van der Waals surface area contributed by atoms with Crippen LogP contribution in [-0.4, -0.2) is 22.9 Å². The molecule has 0 aromatic carbocycles. The fourth-order valence-corrected chi connectivity index (χ4v) is 1.65. The lowest BCUT2D eigenvalue weighted by Crippen LogP contribution is -2.18. The number of aromatic nitrogens is 2. The Kier molecular flexibility index (Phi) is 3.88. The molecule has 0 saturated carbocycles. The lowest BCUT2D eigenvalue weighted by molar-refractivity contribution is 0.0958. The first-order valence-electron chi connectivity index (χ1n) is 5.15. The second kappa shape index (κ2) is 5.59.